The average Bonchev–Trinajstić information content (AvgIpc) is 2.81. The summed E-state index contributed by atoms with van der Waals surface area (Å²) in [6.45, 7) is 9.75. The van der Waals surface area contributed by atoms with Crippen molar-refractivity contribution in [2.75, 3.05) is 13.1 Å². The van der Waals surface area contributed by atoms with Crippen LogP contribution in [0.3, 0.4) is 0 Å². The van der Waals surface area contributed by atoms with Crippen molar-refractivity contribution >= 4 is 8.07 Å². The van der Waals surface area contributed by atoms with Gasteiger partial charge in [-0.3, -0.25) is 0 Å². The lowest BCUT2D eigenvalue weighted by molar-refractivity contribution is 0.467. The molecule has 0 bridgehead atoms. The molecule has 0 radical (unpaired) electrons. The number of allylic oxidation sites excluding steroid dienone is 1. The highest BCUT2D eigenvalue weighted by Crippen LogP contribution is 2.27. The quantitative estimate of drug-likeness (QED) is 0.592. The molecule has 1 aliphatic heterocycles. The molecule has 1 heterocycles. The van der Waals surface area contributed by atoms with Gasteiger partial charge in [0.15, 0.2) is 0 Å². The van der Waals surface area contributed by atoms with Crippen molar-refractivity contribution in [3.8, 4) is 0 Å². The van der Waals surface area contributed by atoms with E-state index in [9.17, 15) is 0 Å². The Kier molecular flexibility index (Phi) is 6.18. The van der Waals surface area contributed by atoms with Crippen LogP contribution in [0.5, 0.6) is 0 Å². The zero-order chi connectivity index (χ0) is 11.9. The molecule has 0 amide bonds. The molecule has 0 N–H and O–H groups in total. The molecule has 1 rings (SSSR count). The Morgan fingerprint density at radius 1 is 1.06 bits per heavy atom. The minimum atomic E-state index is -0.929. The second kappa shape index (κ2) is 7.15. The molecule has 0 aromatic heterocycles. The SMILES string of the molecule is CCC[Si](CC)(CC)CC=CN1CCCC1. The molecule has 0 saturated carbocycles. The van der Waals surface area contributed by atoms with Crippen LogP contribution in [0.25, 0.3) is 0 Å². The third-order valence-electron chi connectivity index (χ3n) is 4.29. The first-order chi connectivity index (χ1) is 7.76. The van der Waals surface area contributed by atoms with E-state index in [0.29, 0.717) is 0 Å². The molecule has 0 spiro atoms. The van der Waals surface area contributed by atoms with E-state index < -0.39 is 8.07 Å². The van der Waals surface area contributed by atoms with Gasteiger partial charge in [0.25, 0.3) is 0 Å². The molecule has 0 atom stereocenters. The van der Waals surface area contributed by atoms with Crippen LogP contribution in [0.2, 0.25) is 24.2 Å². The van der Waals surface area contributed by atoms with Gasteiger partial charge in [0.2, 0.25) is 0 Å². The van der Waals surface area contributed by atoms with Gasteiger partial charge in [-0.1, -0.05) is 51.4 Å². The van der Waals surface area contributed by atoms with Crippen LogP contribution < -0.4 is 0 Å². The normalized spacial score (nSPS) is 17.6. The third kappa shape index (κ3) is 3.97. The minimum Gasteiger partial charge on any atom is -0.378 e. The van der Waals surface area contributed by atoms with Crippen molar-refractivity contribution in [3.63, 3.8) is 0 Å². The Bertz CT molecular complexity index is 203. The third-order valence-corrected chi connectivity index (χ3v) is 9.95. The van der Waals surface area contributed by atoms with Gasteiger partial charge in [0.05, 0.1) is 8.07 Å². The van der Waals surface area contributed by atoms with Crippen molar-refractivity contribution in [1.82, 2.24) is 4.90 Å². The topological polar surface area (TPSA) is 3.24 Å². The van der Waals surface area contributed by atoms with Crippen LogP contribution in [-0.4, -0.2) is 26.1 Å². The number of hydrogen-bond acceptors (Lipinski definition) is 1. The summed E-state index contributed by atoms with van der Waals surface area (Å²) in [5, 5.41) is 0. The molecule has 2 heteroatoms. The molecule has 1 saturated heterocycles. The van der Waals surface area contributed by atoms with Crippen molar-refractivity contribution in [3.05, 3.63) is 12.3 Å². The maximum absolute atomic E-state index is 2.50. The summed E-state index contributed by atoms with van der Waals surface area (Å²) in [5.74, 6) is 0. The predicted octanol–water partition coefficient (Wildman–Crippen LogP) is 4.49. The zero-order valence-corrected chi connectivity index (χ0v) is 12.5. The molecule has 1 fully saturated rings. The van der Waals surface area contributed by atoms with Crippen LogP contribution in [0.1, 0.15) is 40.0 Å². The number of nitrogens with zero attached hydrogens (tertiary/aromatic N) is 1. The predicted molar refractivity (Wildman–Crippen MR) is 76.6 cm³/mol. The highest BCUT2D eigenvalue weighted by Gasteiger charge is 2.25. The molecule has 0 aliphatic carbocycles. The number of rotatable bonds is 7. The zero-order valence-electron chi connectivity index (χ0n) is 11.5. The largest absolute Gasteiger partial charge is 0.378 e. The molecule has 0 aromatic carbocycles. The van der Waals surface area contributed by atoms with Crippen LogP contribution in [0, 0.1) is 0 Å². The van der Waals surface area contributed by atoms with Gasteiger partial charge in [-0.15, -0.1) is 0 Å². The first-order valence-corrected chi connectivity index (χ1v) is 10.00. The first kappa shape index (κ1) is 13.8. The van der Waals surface area contributed by atoms with E-state index in [4.69, 9.17) is 0 Å². The van der Waals surface area contributed by atoms with Crippen LogP contribution in [-0.2, 0) is 0 Å². The lowest BCUT2D eigenvalue weighted by atomic mass is 10.4. The Hall–Kier alpha value is -0.243. The fourth-order valence-electron chi connectivity index (χ4n) is 2.87. The smallest absolute Gasteiger partial charge is 0.0568 e. The standard InChI is InChI=1S/C14H29NSi/c1-4-13-16(5-2,6-3)14-9-12-15-10-7-8-11-15/h9,12H,4-8,10-11,13-14H2,1-3H3. The van der Waals surface area contributed by atoms with Crippen molar-refractivity contribution in [2.24, 2.45) is 0 Å². The summed E-state index contributed by atoms with van der Waals surface area (Å²) < 4.78 is 0. The summed E-state index contributed by atoms with van der Waals surface area (Å²) in [5.41, 5.74) is 0. The highest BCUT2D eigenvalue weighted by molar-refractivity contribution is 6.80. The van der Waals surface area contributed by atoms with E-state index in [1.54, 1.807) is 0 Å². The molecule has 1 aliphatic rings. The Morgan fingerprint density at radius 3 is 2.19 bits per heavy atom. The Balaban J connectivity index is 2.41. The summed E-state index contributed by atoms with van der Waals surface area (Å²) in [6.07, 6.45) is 9.04. The van der Waals surface area contributed by atoms with Gasteiger partial charge >= 0.3 is 0 Å². The van der Waals surface area contributed by atoms with Gasteiger partial charge in [0.1, 0.15) is 0 Å². The van der Waals surface area contributed by atoms with Gasteiger partial charge in [-0.25, -0.2) is 0 Å². The second-order valence-electron chi connectivity index (χ2n) is 5.29. The maximum atomic E-state index is 2.50. The fraction of sp³-hybridized carbons (Fsp3) is 0.857. The summed E-state index contributed by atoms with van der Waals surface area (Å²) in [7, 11) is -0.929. The molecule has 94 valence electrons. The van der Waals surface area contributed by atoms with Crippen LogP contribution in [0.4, 0.5) is 0 Å². The van der Waals surface area contributed by atoms with Crippen molar-refractivity contribution in [2.45, 2.75) is 64.2 Å². The molecular formula is C14H29NSi. The van der Waals surface area contributed by atoms with Crippen molar-refractivity contribution in [1.29, 1.82) is 0 Å². The fourth-order valence-corrected chi connectivity index (χ4v) is 6.52. The average molecular weight is 239 g/mol. The summed E-state index contributed by atoms with van der Waals surface area (Å²) in [6, 6.07) is 5.85. The summed E-state index contributed by atoms with van der Waals surface area (Å²) >= 11 is 0. The van der Waals surface area contributed by atoms with Gasteiger partial charge in [-0.05, 0) is 25.1 Å². The van der Waals surface area contributed by atoms with E-state index in [0.717, 1.165) is 0 Å². The van der Waals surface area contributed by atoms with E-state index in [1.165, 1.54) is 56.5 Å². The van der Waals surface area contributed by atoms with E-state index in [2.05, 4.69) is 37.9 Å². The van der Waals surface area contributed by atoms with E-state index in [1.807, 2.05) is 0 Å². The highest BCUT2D eigenvalue weighted by atomic mass is 28.3. The molecule has 16 heavy (non-hydrogen) atoms. The number of hydrogen-bond donors (Lipinski definition) is 0. The molecule has 1 nitrogen and oxygen atoms in total. The van der Waals surface area contributed by atoms with E-state index >= 15 is 0 Å². The lowest BCUT2D eigenvalue weighted by Gasteiger charge is -2.28. The van der Waals surface area contributed by atoms with Gasteiger partial charge < -0.3 is 4.90 Å². The molecule has 0 aromatic rings. The molecular weight excluding hydrogens is 210 g/mol. The maximum Gasteiger partial charge on any atom is 0.0568 e. The summed E-state index contributed by atoms with van der Waals surface area (Å²) in [4.78, 5) is 2.50. The van der Waals surface area contributed by atoms with Crippen LogP contribution >= 0.6 is 0 Å². The van der Waals surface area contributed by atoms with Crippen molar-refractivity contribution < 1.29 is 0 Å². The van der Waals surface area contributed by atoms with Gasteiger partial charge in [0, 0.05) is 13.1 Å². The van der Waals surface area contributed by atoms with Gasteiger partial charge in [-0.2, -0.15) is 0 Å². The number of likely N-dealkylation sites (tertiary alicyclic amines) is 1. The minimum absolute atomic E-state index is 0.929. The Labute approximate surface area is 103 Å². The first-order valence-electron chi connectivity index (χ1n) is 7.17. The second-order valence-corrected chi connectivity index (χ2v) is 10.6. The molecule has 0 unspecified atom stereocenters. The van der Waals surface area contributed by atoms with E-state index in [-0.39, 0.29) is 0 Å². The van der Waals surface area contributed by atoms with Crippen LogP contribution in [0.15, 0.2) is 12.3 Å². The Morgan fingerprint density at radius 2 is 1.69 bits per heavy atom. The monoisotopic (exact) mass is 239 g/mol. The lowest BCUT2D eigenvalue weighted by Crippen LogP contribution is -2.31.